The Morgan fingerprint density at radius 2 is 1.56 bits per heavy atom. The summed E-state index contributed by atoms with van der Waals surface area (Å²) in [6.07, 6.45) is 17.4. The van der Waals surface area contributed by atoms with Crippen molar-refractivity contribution in [3.63, 3.8) is 0 Å². The molecule has 0 bridgehead atoms. The Labute approximate surface area is 208 Å². The van der Waals surface area contributed by atoms with Crippen LogP contribution in [0.25, 0.3) is 0 Å². The number of allylic oxidation sites excluding steroid dienone is 1. The number of unbranched alkanes of at least 4 members (excludes halogenated alkanes) is 11. The Hall–Kier alpha value is -0.760. The van der Waals surface area contributed by atoms with Crippen molar-refractivity contribution in [1.82, 2.24) is 10.2 Å². The molecule has 9 heteroatoms. The van der Waals surface area contributed by atoms with E-state index in [4.69, 9.17) is 9.05 Å². The molecular weight excluding hydrogens is 455 g/mol. The maximum absolute atomic E-state index is 12.1. The van der Waals surface area contributed by atoms with Gasteiger partial charge < -0.3 is 20.2 Å². The van der Waals surface area contributed by atoms with Crippen LogP contribution >= 0.6 is 7.82 Å². The van der Waals surface area contributed by atoms with E-state index in [1.165, 1.54) is 64.7 Å². The van der Waals surface area contributed by atoms with Crippen LogP contribution in [0.5, 0.6) is 0 Å². The lowest BCUT2D eigenvalue weighted by molar-refractivity contribution is -0.120. The highest BCUT2D eigenvalue weighted by atomic mass is 31.2. The van der Waals surface area contributed by atoms with Crippen LogP contribution in [0, 0.1) is 0 Å². The first kappa shape index (κ1) is 33.2. The zero-order valence-electron chi connectivity index (χ0n) is 22.0. The van der Waals surface area contributed by atoms with Crippen LogP contribution in [0.2, 0.25) is 0 Å². The van der Waals surface area contributed by atoms with Crippen molar-refractivity contribution < 1.29 is 28.4 Å². The van der Waals surface area contributed by atoms with E-state index < -0.39 is 20.0 Å². The molecule has 34 heavy (non-hydrogen) atoms. The van der Waals surface area contributed by atoms with Crippen molar-refractivity contribution in [3.05, 3.63) is 12.2 Å². The Morgan fingerprint density at radius 3 is 2.09 bits per heavy atom. The van der Waals surface area contributed by atoms with Gasteiger partial charge in [-0.25, -0.2) is 4.57 Å². The Balaban J connectivity index is 4.14. The molecule has 0 saturated carbocycles. The number of carbonyl (C=O) groups is 1. The maximum atomic E-state index is 12.1. The third-order valence-corrected chi connectivity index (χ3v) is 6.78. The van der Waals surface area contributed by atoms with Crippen LogP contribution in [0.3, 0.4) is 0 Å². The summed E-state index contributed by atoms with van der Waals surface area (Å²) >= 11 is 0. The molecule has 0 aliphatic rings. The first-order valence-electron chi connectivity index (χ1n) is 13.1. The molecule has 1 amide bonds. The molecule has 0 aliphatic carbocycles. The first-order valence-corrected chi connectivity index (χ1v) is 14.6. The van der Waals surface area contributed by atoms with E-state index >= 15 is 0 Å². The standard InChI is InChI=1S/C25H51N2O6P/c1-5-7-8-9-10-11-12-13-14-15-16-17-18-19-25(29)24(26-23(3)28)22-33-34(30,31)32-21-20-27(4)6-2/h18-19,24-25,29H,5-17,20-22H2,1-4H3,(H,26,28)(H,30,31)/b19-18+/t24-,25+/m0/s1. The van der Waals surface area contributed by atoms with Gasteiger partial charge in [0.15, 0.2) is 0 Å². The number of nitrogens with zero attached hydrogens (tertiary/aromatic N) is 1. The second-order valence-electron chi connectivity index (χ2n) is 9.04. The van der Waals surface area contributed by atoms with Crippen molar-refractivity contribution in [2.75, 3.05) is 33.4 Å². The third-order valence-electron chi connectivity index (χ3n) is 5.79. The van der Waals surface area contributed by atoms with Gasteiger partial charge in [-0.15, -0.1) is 0 Å². The van der Waals surface area contributed by atoms with Gasteiger partial charge in [0.1, 0.15) is 0 Å². The summed E-state index contributed by atoms with van der Waals surface area (Å²) in [5, 5.41) is 13.0. The maximum Gasteiger partial charge on any atom is 0.472 e. The van der Waals surface area contributed by atoms with E-state index in [0.717, 1.165) is 25.8 Å². The summed E-state index contributed by atoms with van der Waals surface area (Å²) in [6, 6.07) is -0.839. The molecule has 0 saturated heterocycles. The van der Waals surface area contributed by atoms with Crippen LogP contribution < -0.4 is 5.32 Å². The average Bonchev–Trinajstić information content (AvgIpc) is 2.79. The molecule has 0 aromatic rings. The number of phosphoric ester groups is 1. The second kappa shape index (κ2) is 21.5. The van der Waals surface area contributed by atoms with Gasteiger partial charge in [-0.05, 0) is 26.4 Å². The molecule has 0 spiro atoms. The predicted molar refractivity (Wildman–Crippen MR) is 139 cm³/mol. The van der Waals surface area contributed by atoms with E-state index in [-0.39, 0.29) is 19.1 Å². The Bertz CT molecular complexity index is 576. The molecule has 0 radical (unpaired) electrons. The van der Waals surface area contributed by atoms with E-state index in [0.29, 0.717) is 6.54 Å². The number of hydrogen-bond donors (Lipinski definition) is 3. The molecule has 3 atom stereocenters. The number of nitrogens with one attached hydrogen (secondary N) is 1. The molecule has 0 heterocycles. The summed E-state index contributed by atoms with van der Waals surface area (Å²) in [6.45, 7) is 6.54. The molecule has 0 aromatic heterocycles. The molecule has 202 valence electrons. The summed E-state index contributed by atoms with van der Waals surface area (Å²) in [5.41, 5.74) is 0. The smallest absolute Gasteiger partial charge is 0.387 e. The number of aliphatic hydroxyl groups excluding tert-OH is 1. The van der Waals surface area contributed by atoms with Crippen molar-refractivity contribution >= 4 is 13.7 Å². The van der Waals surface area contributed by atoms with E-state index in [2.05, 4.69) is 12.2 Å². The average molecular weight is 507 g/mol. The fraction of sp³-hybridized carbons (Fsp3) is 0.880. The van der Waals surface area contributed by atoms with Gasteiger partial charge in [0.25, 0.3) is 0 Å². The Morgan fingerprint density at radius 1 is 1.00 bits per heavy atom. The van der Waals surface area contributed by atoms with Crippen molar-refractivity contribution in [3.8, 4) is 0 Å². The van der Waals surface area contributed by atoms with Gasteiger partial charge in [0.2, 0.25) is 5.91 Å². The van der Waals surface area contributed by atoms with E-state index in [1.54, 1.807) is 6.08 Å². The predicted octanol–water partition coefficient (Wildman–Crippen LogP) is 5.19. The van der Waals surface area contributed by atoms with Gasteiger partial charge >= 0.3 is 7.82 Å². The zero-order chi connectivity index (χ0) is 25.7. The highest BCUT2D eigenvalue weighted by Gasteiger charge is 2.26. The number of amides is 1. The largest absolute Gasteiger partial charge is 0.472 e. The lowest BCUT2D eigenvalue weighted by Crippen LogP contribution is -2.44. The SMILES string of the molecule is CCCCCCCCCCCCC/C=C/[C@@H](O)[C@H](COP(=O)(O)OCCN(C)CC)NC(C)=O. The molecule has 0 aromatic carbocycles. The number of carbonyl (C=O) groups excluding carboxylic acids is 1. The molecule has 0 rings (SSSR count). The quantitative estimate of drug-likeness (QED) is 0.0993. The molecule has 0 aliphatic heterocycles. The van der Waals surface area contributed by atoms with Crippen LogP contribution in [0.15, 0.2) is 12.2 Å². The fourth-order valence-electron chi connectivity index (χ4n) is 3.46. The van der Waals surface area contributed by atoms with Gasteiger partial charge in [-0.3, -0.25) is 13.8 Å². The number of aliphatic hydroxyl groups is 1. The van der Waals surface area contributed by atoms with Gasteiger partial charge in [-0.2, -0.15) is 0 Å². The summed E-state index contributed by atoms with van der Waals surface area (Å²) in [4.78, 5) is 23.3. The van der Waals surface area contributed by atoms with Crippen LogP contribution in [0.1, 0.15) is 97.8 Å². The van der Waals surface area contributed by atoms with Crippen LogP contribution in [0.4, 0.5) is 0 Å². The van der Waals surface area contributed by atoms with E-state index in [1.807, 2.05) is 24.9 Å². The molecule has 0 fully saturated rings. The van der Waals surface area contributed by atoms with Crippen molar-refractivity contribution in [2.24, 2.45) is 0 Å². The normalized spacial score (nSPS) is 15.5. The van der Waals surface area contributed by atoms with Crippen LogP contribution in [-0.2, 0) is 18.4 Å². The minimum absolute atomic E-state index is 0.0460. The van der Waals surface area contributed by atoms with Crippen molar-refractivity contribution in [2.45, 2.75) is 110 Å². The van der Waals surface area contributed by atoms with E-state index in [9.17, 15) is 19.4 Å². The molecule has 3 N–H and O–H groups in total. The number of phosphoric acid groups is 1. The number of hydrogen-bond acceptors (Lipinski definition) is 6. The van der Waals surface area contributed by atoms with Crippen molar-refractivity contribution in [1.29, 1.82) is 0 Å². The highest BCUT2D eigenvalue weighted by molar-refractivity contribution is 7.47. The minimum Gasteiger partial charge on any atom is -0.387 e. The second-order valence-corrected chi connectivity index (χ2v) is 10.5. The fourth-order valence-corrected chi connectivity index (χ4v) is 4.20. The lowest BCUT2D eigenvalue weighted by Gasteiger charge is -2.23. The Kier molecular flexibility index (Phi) is 21.0. The lowest BCUT2D eigenvalue weighted by atomic mass is 10.0. The van der Waals surface area contributed by atoms with Gasteiger partial charge in [-0.1, -0.05) is 90.2 Å². The summed E-state index contributed by atoms with van der Waals surface area (Å²) in [7, 11) is -2.40. The monoisotopic (exact) mass is 506 g/mol. The highest BCUT2D eigenvalue weighted by Crippen LogP contribution is 2.43. The number of rotatable bonds is 23. The topological polar surface area (TPSA) is 108 Å². The summed E-state index contributed by atoms with van der Waals surface area (Å²) < 4.78 is 22.0. The zero-order valence-corrected chi connectivity index (χ0v) is 22.9. The minimum atomic E-state index is -4.27. The first-order chi connectivity index (χ1) is 16.2. The van der Waals surface area contributed by atoms with Gasteiger partial charge in [0, 0.05) is 13.5 Å². The summed E-state index contributed by atoms with van der Waals surface area (Å²) in [5.74, 6) is -0.357. The number of likely N-dealkylation sites (N-methyl/N-ethyl adjacent to an activating group) is 1. The van der Waals surface area contributed by atoms with Gasteiger partial charge in [0.05, 0.1) is 25.4 Å². The molecule has 8 nitrogen and oxygen atoms in total. The molecule has 1 unspecified atom stereocenters. The third kappa shape index (κ3) is 20.6. The van der Waals surface area contributed by atoms with Crippen LogP contribution in [-0.4, -0.2) is 66.3 Å². The molecular formula is C25H51N2O6P.